The molecular formula is C9H5ClF2N2O2. The van der Waals surface area contributed by atoms with Gasteiger partial charge in [0.05, 0.1) is 17.7 Å². The highest BCUT2D eigenvalue weighted by Crippen LogP contribution is 2.28. The molecule has 1 rings (SSSR count). The summed E-state index contributed by atoms with van der Waals surface area (Å²) in [6.45, 7) is 0. The fourth-order valence-electron chi connectivity index (χ4n) is 0.984. The van der Waals surface area contributed by atoms with Gasteiger partial charge in [-0.1, -0.05) is 11.6 Å². The predicted octanol–water partition coefficient (Wildman–Crippen LogP) is 2.33. The van der Waals surface area contributed by atoms with E-state index < -0.39 is 23.1 Å². The normalized spacial score (nSPS) is 10.0. The molecule has 0 aliphatic heterocycles. The van der Waals surface area contributed by atoms with Crippen LogP contribution in [0.15, 0.2) is 6.07 Å². The Balaban J connectivity index is 3.41. The SMILES string of the molecule is COC(=O)c1cc(C#N)c(Cl)c(C(F)F)n1. The van der Waals surface area contributed by atoms with E-state index in [0.717, 1.165) is 13.2 Å². The fraction of sp³-hybridized carbons (Fsp3) is 0.222. The first-order valence-corrected chi connectivity index (χ1v) is 4.36. The molecule has 0 amide bonds. The zero-order valence-corrected chi connectivity index (χ0v) is 8.76. The summed E-state index contributed by atoms with van der Waals surface area (Å²) in [7, 11) is 1.08. The van der Waals surface area contributed by atoms with Crippen molar-refractivity contribution in [3.8, 4) is 6.07 Å². The number of aromatic nitrogens is 1. The molecule has 0 aliphatic rings. The molecule has 0 N–H and O–H groups in total. The van der Waals surface area contributed by atoms with Crippen LogP contribution in [-0.2, 0) is 4.74 Å². The van der Waals surface area contributed by atoms with Gasteiger partial charge in [-0.3, -0.25) is 0 Å². The standard InChI is InChI=1S/C9H5ClF2N2O2/c1-16-9(15)5-2-4(3-13)6(10)7(14-5)8(11)12/h2,8H,1H3. The lowest BCUT2D eigenvalue weighted by Crippen LogP contribution is -2.08. The fourth-order valence-corrected chi connectivity index (χ4v) is 1.21. The maximum absolute atomic E-state index is 12.5. The van der Waals surface area contributed by atoms with Crippen LogP contribution in [-0.4, -0.2) is 18.1 Å². The largest absolute Gasteiger partial charge is 0.464 e. The third-order valence-corrected chi connectivity index (χ3v) is 2.10. The second-order valence-corrected chi connectivity index (χ2v) is 3.04. The Kier molecular flexibility index (Phi) is 3.74. The third-order valence-electron chi connectivity index (χ3n) is 1.70. The average Bonchev–Trinajstić information content (AvgIpc) is 2.27. The number of rotatable bonds is 2. The van der Waals surface area contributed by atoms with Crippen LogP contribution in [0.25, 0.3) is 0 Å². The molecule has 1 heterocycles. The van der Waals surface area contributed by atoms with Gasteiger partial charge in [-0.15, -0.1) is 0 Å². The molecule has 0 unspecified atom stereocenters. The van der Waals surface area contributed by atoms with E-state index in [0.29, 0.717) is 0 Å². The van der Waals surface area contributed by atoms with Crippen molar-refractivity contribution in [1.29, 1.82) is 5.26 Å². The van der Waals surface area contributed by atoms with E-state index in [1.165, 1.54) is 0 Å². The summed E-state index contributed by atoms with van der Waals surface area (Å²) in [6, 6.07) is 2.60. The lowest BCUT2D eigenvalue weighted by atomic mass is 10.2. The molecule has 1 aromatic rings. The lowest BCUT2D eigenvalue weighted by Gasteiger charge is -2.06. The number of halogens is 3. The van der Waals surface area contributed by atoms with Crippen molar-refractivity contribution in [2.45, 2.75) is 6.43 Å². The number of carbonyl (C=O) groups is 1. The molecule has 0 saturated carbocycles. The van der Waals surface area contributed by atoms with Crippen LogP contribution in [0.4, 0.5) is 8.78 Å². The number of alkyl halides is 2. The van der Waals surface area contributed by atoms with E-state index in [-0.39, 0.29) is 11.3 Å². The summed E-state index contributed by atoms with van der Waals surface area (Å²) in [5.41, 5.74) is -1.42. The Hall–Kier alpha value is -1.74. The maximum atomic E-state index is 12.5. The molecule has 0 fully saturated rings. The number of hydrogen-bond donors (Lipinski definition) is 0. The zero-order valence-electron chi connectivity index (χ0n) is 8.00. The first kappa shape index (κ1) is 12.3. The molecule has 0 atom stereocenters. The predicted molar refractivity (Wildman–Crippen MR) is 50.3 cm³/mol. The van der Waals surface area contributed by atoms with Gasteiger partial charge in [0.25, 0.3) is 6.43 Å². The Bertz CT molecular complexity index is 471. The topological polar surface area (TPSA) is 63.0 Å². The van der Waals surface area contributed by atoms with Crippen molar-refractivity contribution in [2.75, 3.05) is 7.11 Å². The van der Waals surface area contributed by atoms with Crippen LogP contribution < -0.4 is 0 Å². The average molecular weight is 247 g/mol. The summed E-state index contributed by atoms with van der Waals surface area (Å²) in [5.74, 6) is -0.907. The van der Waals surface area contributed by atoms with Gasteiger partial charge in [0.1, 0.15) is 17.5 Å². The molecule has 84 valence electrons. The number of ether oxygens (including phenoxy) is 1. The first-order chi connectivity index (χ1) is 7.51. The minimum atomic E-state index is -2.97. The molecule has 16 heavy (non-hydrogen) atoms. The van der Waals surface area contributed by atoms with Crippen LogP contribution >= 0.6 is 11.6 Å². The van der Waals surface area contributed by atoms with Crippen molar-refractivity contribution < 1.29 is 18.3 Å². The van der Waals surface area contributed by atoms with Crippen molar-refractivity contribution in [1.82, 2.24) is 4.98 Å². The highest BCUT2D eigenvalue weighted by molar-refractivity contribution is 6.32. The van der Waals surface area contributed by atoms with E-state index in [1.807, 2.05) is 0 Å². The summed E-state index contributed by atoms with van der Waals surface area (Å²) < 4.78 is 29.3. The number of pyridine rings is 1. The number of nitrogens with zero attached hydrogens (tertiary/aromatic N) is 2. The smallest absolute Gasteiger partial charge is 0.356 e. The van der Waals surface area contributed by atoms with Gasteiger partial charge in [0.2, 0.25) is 0 Å². The van der Waals surface area contributed by atoms with Gasteiger partial charge in [0, 0.05) is 0 Å². The van der Waals surface area contributed by atoms with Gasteiger partial charge in [-0.2, -0.15) is 5.26 Å². The second kappa shape index (κ2) is 4.86. The molecule has 0 radical (unpaired) electrons. The van der Waals surface area contributed by atoms with Crippen molar-refractivity contribution in [3.05, 3.63) is 28.0 Å². The number of nitriles is 1. The number of esters is 1. The van der Waals surface area contributed by atoms with Gasteiger partial charge in [-0.05, 0) is 6.07 Å². The highest BCUT2D eigenvalue weighted by atomic mass is 35.5. The summed E-state index contributed by atoms with van der Waals surface area (Å²) in [6.07, 6.45) is -2.97. The van der Waals surface area contributed by atoms with Crippen molar-refractivity contribution in [3.63, 3.8) is 0 Å². The summed E-state index contributed by atoms with van der Waals surface area (Å²) >= 11 is 5.51. The Morgan fingerprint density at radius 3 is 2.75 bits per heavy atom. The van der Waals surface area contributed by atoms with Crippen LogP contribution in [0.2, 0.25) is 5.02 Å². The van der Waals surface area contributed by atoms with Crippen LogP contribution in [0.1, 0.15) is 28.2 Å². The molecule has 0 aromatic carbocycles. The molecule has 0 spiro atoms. The molecule has 4 nitrogen and oxygen atoms in total. The van der Waals surface area contributed by atoms with E-state index in [1.54, 1.807) is 6.07 Å². The maximum Gasteiger partial charge on any atom is 0.356 e. The molecule has 0 aliphatic carbocycles. The molecule has 7 heteroatoms. The third kappa shape index (κ3) is 2.25. The van der Waals surface area contributed by atoms with E-state index in [4.69, 9.17) is 16.9 Å². The second-order valence-electron chi connectivity index (χ2n) is 2.66. The minimum Gasteiger partial charge on any atom is -0.464 e. The molecule has 0 bridgehead atoms. The van der Waals surface area contributed by atoms with Gasteiger partial charge >= 0.3 is 5.97 Å². The van der Waals surface area contributed by atoms with E-state index in [2.05, 4.69) is 9.72 Å². The lowest BCUT2D eigenvalue weighted by molar-refractivity contribution is 0.0592. The Morgan fingerprint density at radius 1 is 1.69 bits per heavy atom. The molecule has 1 aromatic heterocycles. The molecule has 0 saturated heterocycles. The van der Waals surface area contributed by atoms with Crippen LogP contribution in [0, 0.1) is 11.3 Å². The quantitative estimate of drug-likeness (QED) is 0.752. The van der Waals surface area contributed by atoms with Crippen molar-refractivity contribution in [2.24, 2.45) is 0 Å². The summed E-state index contributed by atoms with van der Waals surface area (Å²) in [5, 5.41) is 8.19. The minimum absolute atomic E-state index is 0.243. The van der Waals surface area contributed by atoms with Gasteiger partial charge in [-0.25, -0.2) is 18.6 Å². The van der Waals surface area contributed by atoms with Gasteiger partial charge < -0.3 is 4.74 Å². The monoisotopic (exact) mass is 246 g/mol. The zero-order chi connectivity index (χ0) is 12.3. The Labute approximate surface area is 94.4 Å². The van der Waals surface area contributed by atoms with E-state index in [9.17, 15) is 13.6 Å². The van der Waals surface area contributed by atoms with Crippen LogP contribution in [0.5, 0.6) is 0 Å². The number of hydrogen-bond acceptors (Lipinski definition) is 4. The van der Waals surface area contributed by atoms with Crippen molar-refractivity contribution >= 4 is 17.6 Å². The van der Waals surface area contributed by atoms with E-state index >= 15 is 0 Å². The van der Waals surface area contributed by atoms with Gasteiger partial charge in [0.15, 0.2) is 0 Å². The highest BCUT2D eigenvalue weighted by Gasteiger charge is 2.21. The number of methoxy groups -OCH3 is 1. The Morgan fingerprint density at radius 2 is 2.31 bits per heavy atom. The summed E-state index contributed by atoms with van der Waals surface area (Å²) in [4.78, 5) is 14.4. The first-order valence-electron chi connectivity index (χ1n) is 3.98. The van der Waals surface area contributed by atoms with Crippen LogP contribution in [0.3, 0.4) is 0 Å². The molecular weight excluding hydrogens is 242 g/mol. The number of carbonyl (C=O) groups excluding carboxylic acids is 1.